The van der Waals surface area contributed by atoms with Crippen LogP contribution in [0.4, 0.5) is 8.78 Å². The lowest BCUT2D eigenvalue weighted by atomic mass is 10.5. The van der Waals surface area contributed by atoms with Crippen LogP contribution in [-0.4, -0.2) is 11.6 Å². The van der Waals surface area contributed by atoms with Crippen molar-refractivity contribution < 1.29 is 13.5 Å². The van der Waals surface area contributed by atoms with Gasteiger partial charge in [-0.25, -0.2) is 4.98 Å². The van der Waals surface area contributed by atoms with E-state index in [0.717, 1.165) is 0 Å². The summed E-state index contributed by atoms with van der Waals surface area (Å²) in [5.74, 6) is -0.246. The van der Waals surface area contributed by atoms with Crippen LogP contribution in [0.15, 0.2) is 18.3 Å². The average Bonchev–Trinajstić information content (AvgIpc) is 1.93. The van der Waals surface area contributed by atoms with Gasteiger partial charge >= 0.3 is 6.61 Å². The van der Waals surface area contributed by atoms with Gasteiger partial charge in [0.05, 0.1) is 0 Å². The Kier molecular flexibility index (Phi) is 2.59. The fraction of sp³-hybridized carbons (Fsp3) is 0.167. The average molecular weight is 180 g/mol. The van der Waals surface area contributed by atoms with Crippen LogP contribution < -0.4 is 4.74 Å². The van der Waals surface area contributed by atoms with Gasteiger partial charge in [-0.1, -0.05) is 11.6 Å². The van der Waals surface area contributed by atoms with Gasteiger partial charge in [0.2, 0.25) is 5.88 Å². The Morgan fingerprint density at radius 3 is 2.82 bits per heavy atom. The second-order valence-corrected chi connectivity index (χ2v) is 2.08. The van der Waals surface area contributed by atoms with Crippen LogP contribution in [0.3, 0.4) is 0 Å². The molecule has 0 bridgehead atoms. The van der Waals surface area contributed by atoms with Gasteiger partial charge in [-0.2, -0.15) is 8.78 Å². The molecule has 0 aliphatic rings. The molecule has 1 heterocycles. The molecule has 5 heteroatoms. The first kappa shape index (κ1) is 8.20. The third-order valence-corrected chi connectivity index (χ3v) is 1.21. The van der Waals surface area contributed by atoms with Crippen molar-refractivity contribution in [1.82, 2.24) is 4.98 Å². The third-order valence-electron chi connectivity index (χ3n) is 0.925. The number of hydrogen-bond acceptors (Lipinski definition) is 2. The second-order valence-electron chi connectivity index (χ2n) is 1.67. The normalized spacial score (nSPS) is 10.2. The summed E-state index contributed by atoms with van der Waals surface area (Å²) in [4.78, 5) is 3.48. The lowest BCUT2D eigenvalue weighted by Crippen LogP contribution is -2.03. The van der Waals surface area contributed by atoms with E-state index in [1.165, 1.54) is 18.3 Å². The SMILES string of the molecule is FC(F)Oc1ncccc1Cl. The van der Waals surface area contributed by atoms with E-state index in [-0.39, 0.29) is 10.9 Å². The summed E-state index contributed by atoms with van der Waals surface area (Å²) in [5, 5.41) is 0.0767. The van der Waals surface area contributed by atoms with Crippen molar-refractivity contribution >= 4 is 11.6 Å². The molecule has 1 aromatic rings. The monoisotopic (exact) mass is 179 g/mol. The molecule has 0 radical (unpaired) electrons. The van der Waals surface area contributed by atoms with Crippen LogP contribution in [0.5, 0.6) is 5.88 Å². The smallest absolute Gasteiger partial charge is 0.388 e. The van der Waals surface area contributed by atoms with Crippen LogP contribution in [0.2, 0.25) is 5.02 Å². The first-order valence-electron chi connectivity index (χ1n) is 2.75. The Labute approximate surface area is 66.8 Å². The Morgan fingerprint density at radius 1 is 1.55 bits per heavy atom. The zero-order valence-electron chi connectivity index (χ0n) is 5.30. The first-order valence-corrected chi connectivity index (χ1v) is 3.13. The molecule has 0 aromatic carbocycles. The zero-order chi connectivity index (χ0) is 8.27. The van der Waals surface area contributed by atoms with Crippen molar-refractivity contribution in [2.24, 2.45) is 0 Å². The van der Waals surface area contributed by atoms with Crippen LogP contribution in [-0.2, 0) is 0 Å². The molecular formula is C6H4ClF2NO. The van der Waals surface area contributed by atoms with Gasteiger partial charge in [-0.05, 0) is 12.1 Å². The van der Waals surface area contributed by atoms with Crippen LogP contribution in [0.1, 0.15) is 0 Å². The quantitative estimate of drug-likeness (QED) is 0.695. The van der Waals surface area contributed by atoms with Gasteiger partial charge in [0.25, 0.3) is 0 Å². The molecule has 0 unspecified atom stereocenters. The van der Waals surface area contributed by atoms with Crippen molar-refractivity contribution in [3.05, 3.63) is 23.4 Å². The molecule has 60 valence electrons. The van der Waals surface area contributed by atoms with E-state index in [1.54, 1.807) is 0 Å². The van der Waals surface area contributed by atoms with Gasteiger partial charge in [0.15, 0.2) is 0 Å². The van der Waals surface area contributed by atoms with Crippen LogP contribution in [0.25, 0.3) is 0 Å². The molecule has 0 N–H and O–H groups in total. The number of halogens is 3. The molecule has 2 nitrogen and oxygen atoms in total. The van der Waals surface area contributed by atoms with E-state index in [1.807, 2.05) is 0 Å². The van der Waals surface area contributed by atoms with Crippen molar-refractivity contribution in [2.75, 3.05) is 0 Å². The van der Waals surface area contributed by atoms with Gasteiger partial charge in [-0.15, -0.1) is 0 Å². The van der Waals surface area contributed by atoms with E-state index in [4.69, 9.17) is 11.6 Å². The Morgan fingerprint density at radius 2 is 2.27 bits per heavy atom. The fourth-order valence-corrected chi connectivity index (χ4v) is 0.708. The van der Waals surface area contributed by atoms with Gasteiger partial charge in [0, 0.05) is 6.20 Å². The summed E-state index contributed by atoms with van der Waals surface area (Å²) in [6.07, 6.45) is 1.32. The molecule has 0 saturated carbocycles. The second kappa shape index (κ2) is 3.48. The minimum atomic E-state index is -2.89. The van der Waals surface area contributed by atoms with Crippen molar-refractivity contribution in [3.8, 4) is 5.88 Å². The third kappa shape index (κ3) is 2.31. The number of ether oxygens (including phenoxy) is 1. The molecule has 0 aliphatic heterocycles. The number of alkyl halides is 2. The van der Waals surface area contributed by atoms with Crippen molar-refractivity contribution in [2.45, 2.75) is 6.61 Å². The molecule has 0 atom stereocenters. The maximum atomic E-state index is 11.6. The van der Waals surface area contributed by atoms with E-state index < -0.39 is 6.61 Å². The highest BCUT2D eigenvalue weighted by Gasteiger charge is 2.07. The summed E-state index contributed by atoms with van der Waals surface area (Å²) in [7, 11) is 0. The summed E-state index contributed by atoms with van der Waals surface area (Å²) in [6, 6.07) is 2.95. The molecule has 0 saturated heterocycles. The van der Waals surface area contributed by atoms with Gasteiger partial charge < -0.3 is 4.74 Å². The largest absolute Gasteiger partial charge is 0.415 e. The maximum absolute atomic E-state index is 11.6. The summed E-state index contributed by atoms with van der Waals surface area (Å²) < 4.78 is 27.1. The molecule has 0 aliphatic carbocycles. The highest BCUT2D eigenvalue weighted by molar-refractivity contribution is 6.31. The van der Waals surface area contributed by atoms with Gasteiger partial charge in [0.1, 0.15) is 5.02 Å². The Hall–Kier alpha value is -0.900. The van der Waals surface area contributed by atoms with Crippen molar-refractivity contribution in [3.63, 3.8) is 0 Å². The minimum Gasteiger partial charge on any atom is -0.415 e. The molecule has 11 heavy (non-hydrogen) atoms. The highest BCUT2D eigenvalue weighted by Crippen LogP contribution is 2.21. The highest BCUT2D eigenvalue weighted by atomic mass is 35.5. The fourth-order valence-electron chi connectivity index (χ4n) is 0.542. The number of aromatic nitrogens is 1. The van der Waals surface area contributed by atoms with E-state index in [0.29, 0.717) is 0 Å². The molecule has 0 spiro atoms. The van der Waals surface area contributed by atoms with Crippen molar-refractivity contribution in [1.29, 1.82) is 0 Å². The van der Waals surface area contributed by atoms with E-state index in [9.17, 15) is 8.78 Å². The predicted octanol–water partition coefficient (Wildman–Crippen LogP) is 2.34. The topological polar surface area (TPSA) is 22.1 Å². The van der Waals surface area contributed by atoms with E-state index >= 15 is 0 Å². The molecule has 0 fully saturated rings. The van der Waals surface area contributed by atoms with Gasteiger partial charge in [-0.3, -0.25) is 0 Å². The zero-order valence-corrected chi connectivity index (χ0v) is 6.05. The number of pyridine rings is 1. The summed E-state index contributed by atoms with van der Waals surface area (Å²) in [5.41, 5.74) is 0. The van der Waals surface area contributed by atoms with E-state index in [2.05, 4.69) is 9.72 Å². The molecule has 1 aromatic heterocycles. The Bertz CT molecular complexity index is 244. The summed E-state index contributed by atoms with van der Waals surface area (Å²) >= 11 is 5.45. The molecule has 0 amide bonds. The van der Waals surface area contributed by atoms with Crippen LogP contribution >= 0.6 is 11.6 Å². The Balaban J connectivity index is 2.78. The molecule has 1 rings (SSSR count). The van der Waals surface area contributed by atoms with Crippen LogP contribution in [0, 0.1) is 0 Å². The summed E-state index contributed by atoms with van der Waals surface area (Å²) in [6.45, 7) is -2.89. The maximum Gasteiger partial charge on any atom is 0.388 e. The molecular weight excluding hydrogens is 176 g/mol. The standard InChI is InChI=1S/C6H4ClF2NO/c7-4-2-1-3-10-5(4)11-6(8)9/h1-3,6H. The minimum absolute atomic E-state index is 0.0767. The number of hydrogen-bond donors (Lipinski definition) is 0. The lowest BCUT2D eigenvalue weighted by molar-refractivity contribution is -0.0527. The number of rotatable bonds is 2. The first-order chi connectivity index (χ1) is 5.20. The lowest BCUT2D eigenvalue weighted by Gasteiger charge is -2.02. The number of nitrogens with zero attached hydrogens (tertiary/aromatic N) is 1. The predicted molar refractivity (Wildman–Crippen MR) is 35.9 cm³/mol.